The summed E-state index contributed by atoms with van der Waals surface area (Å²) in [7, 11) is 0. The van der Waals surface area contributed by atoms with Gasteiger partial charge in [0.25, 0.3) is 5.91 Å². The Morgan fingerprint density at radius 1 is 1.24 bits per heavy atom. The number of hydrogen-bond acceptors (Lipinski definition) is 7. The first-order valence-corrected chi connectivity index (χ1v) is 10.4. The number of nitrogens with one attached hydrogen (secondary N) is 1. The van der Waals surface area contributed by atoms with Gasteiger partial charge in [-0.15, -0.1) is 11.3 Å². The number of carbonyl (C=O) groups is 1. The lowest BCUT2D eigenvalue weighted by Gasteiger charge is -2.12. The highest BCUT2D eigenvalue weighted by Crippen LogP contribution is 2.38. The van der Waals surface area contributed by atoms with E-state index >= 15 is 0 Å². The van der Waals surface area contributed by atoms with Crippen LogP contribution in [0.4, 0.5) is 5.82 Å². The largest absolute Gasteiger partial charge is 0.484 e. The predicted molar refractivity (Wildman–Crippen MR) is 116 cm³/mol. The van der Waals surface area contributed by atoms with Gasteiger partial charge in [-0.2, -0.15) is 5.10 Å². The van der Waals surface area contributed by atoms with Gasteiger partial charge in [0.15, 0.2) is 12.4 Å². The normalized spacial score (nSPS) is 13.9. The molecule has 0 atom stereocenters. The highest BCUT2D eigenvalue weighted by atomic mass is 32.1. The van der Waals surface area contributed by atoms with Crippen molar-refractivity contribution in [1.29, 1.82) is 0 Å². The van der Waals surface area contributed by atoms with Crippen molar-refractivity contribution in [2.24, 2.45) is 10.8 Å². The third kappa shape index (κ3) is 4.22. The van der Waals surface area contributed by atoms with Crippen LogP contribution >= 0.6 is 11.3 Å². The molecule has 0 aliphatic heterocycles. The number of primary amides is 1. The van der Waals surface area contributed by atoms with Crippen LogP contribution in [0.15, 0.2) is 29.4 Å². The van der Waals surface area contributed by atoms with Crippen LogP contribution in [-0.2, 0) is 17.6 Å². The smallest absolute Gasteiger partial charge is 0.255 e. The molecule has 4 rings (SSSR count). The molecule has 0 saturated heterocycles. The van der Waals surface area contributed by atoms with Crippen molar-refractivity contribution in [3.63, 3.8) is 0 Å². The maximum atomic E-state index is 10.8. The summed E-state index contributed by atoms with van der Waals surface area (Å²) in [6.45, 7) is 3.70. The molecule has 0 unspecified atom stereocenters. The molecular weight excluding hydrogens is 386 g/mol. The molecule has 0 bridgehead atoms. The minimum absolute atomic E-state index is 0.137. The van der Waals surface area contributed by atoms with Crippen LogP contribution in [0.2, 0.25) is 0 Å². The predicted octanol–water partition coefficient (Wildman–Crippen LogP) is 3.58. The summed E-state index contributed by atoms with van der Waals surface area (Å²) in [5, 5.41) is 5.67. The molecule has 0 saturated carbocycles. The zero-order chi connectivity index (χ0) is 20.4. The maximum Gasteiger partial charge on any atom is 0.255 e. The first-order chi connectivity index (χ1) is 14.0. The Labute approximate surface area is 173 Å². The van der Waals surface area contributed by atoms with Crippen molar-refractivity contribution in [1.82, 2.24) is 9.97 Å². The molecule has 3 aromatic rings. The molecule has 29 heavy (non-hydrogen) atoms. The van der Waals surface area contributed by atoms with Gasteiger partial charge < -0.3 is 10.5 Å². The average molecular weight is 410 g/mol. The third-order valence-corrected chi connectivity index (χ3v) is 6.09. The Hall–Kier alpha value is -3.00. The number of carbonyl (C=O) groups excluding carboxylic acids is 1. The number of aromatic nitrogens is 2. The topological polar surface area (TPSA) is 102 Å². The first kappa shape index (κ1) is 19.3. The van der Waals surface area contributed by atoms with Crippen LogP contribution in [0.1, 0.15) is 41.6 Å². The lowest BCUT2D eigenvalue weighted by molar-refractivity contribution is -0.119. The standard InChI is InChI=1S/C21H23N5O2S/c1-12(14-7-9-15(10-8-14)28-11-18(22)27)25-26-20-19-16-5-3-4-6-17(16)29-21(19)24-13(2)23-20/h7-10H,3-6,11H2,1-2H3,(H2,22,27)(H,23,24,26)/b25-12+. The lowest BCUT2D eigenvalue weighted by Crippen LogP contribution is -2.20. The number of amides is 1. The minimum Gasteiger partial charge on any atom is -0.484 e. The van der Waals surface area contributed by atoms with Crippen molar-refractivity contribution >= 4 is 39.0 Å². The Balaban J connectivity index is 1.57. The van der Waals surface area contributed by atoms with Gasteiger partial charge in [0.1, 0.15) is 16.4 Å². The van der Waals surface area contributed by atoms with Crippen molar-refractivity contribution in [2.75, 3.05) is 12.0 Å². The number of hydrazone groups is 1. The SMILES string of the molecule is C/C(=N\Nc1nc(C)nc2sc3c(c12)CCCC3)c1ccc(OCC(N)=O)cc1. The van der Waals surface area contributed by atoms with Crippen LogP contribution in [0.3, 0.4) is 0 Å². The number of ether oxygens (including phenoxy) is 1. The Kier molecular flexibility index (Phi) is 5.44. The number of hydrogen-bond donors (Lipinski definition) is 2. The number of rotatable bonds is 6. The zero-order valence-corrected chi connectivity index (χ0v) is 17.3. The molecule has 1 aliphatic carbocycles. The van der Waals surface area contributed by atoms with Crippen molar-refractivity contribution in [3.8, 4) is 5.75 Å². The van der Waals surface area contributed by atoms with E-state index in [0.29, 0.717) is 5.75 Å². The molecule has 8 heteroatoms. The first-order valence-electron chi connectivity index (χ1n) is 9.62. The Bertz CT molecular complexity index is 1090. The number of aryl methyl sites for hydroxylation is 3. The molecular formula is C21H23N5O2S. The molecule has 2 aromatic heterocycles. The summed E-state index contributed by atoms with van der Waals surface area (Å²) in [5.74, 6) is 1.60. The average Bonchev–Trinajstić information content (AvgIpc) is 3.08. The quantitative estimate of drug-likeness (QED) is 0.478. The van der Waals surface area contributed by atoms with Crippen LogP contribution < -0.4 is 15.9 Å². The highest BCUT2D eigenvalue weighted by molar-refractivity contribution is 7.19. The van der Waals surface area contributed by atoms with Crippen molar-refractivity contribution in [2.45, 2.75) is 39.5 Å². The molecule has 7 nitrogen and oxygen atoms in total. The van der Waals surface area contributed by atoms with Gasteiger partial charge >= 0.3 is 0 Å². The van der Waals surface area contributed by atoms with Crippen LogP contribution in [0.25, 0.3) is 10.2 Å². The summed E-state index contributed by atoms with van der Waals surface area (Å²) in [5.41, 5.74) is 11.4. The van der Waals surface area contributed by atoms with E-state index in [4.69, 9.17) is 10.5 Å². The van der Waals surface area contributed by atoms with Crippen LogP contribution in [0, 0.1) is 6.92 Å². The Morgan fingerprint density at radius 2 is 2.00 bits per heavy atom. The summed E-state index contributed by atoms with van der Waals surface area (Å²) in [6, 6.07) is 7.37. The number of anilines is 1. The molecule has 1 aromatic carbocycles. The van der Waals surface area contributed by atoms with E-state index in [-0.39, 0.29) is 6.61 Å². The second kappa shape index (κ2) is 8.16. The molecule has 1 amide bonds. The molecule has 0 fully saturated rings. The van der Waals surface area contributed by atoms with E-state index in [1.165, 1.54) is 23.3 Å². The van der Waals surface area contributed by atoms with E-state index in [1.54, 1.807) is 23.5 Å². The van der Waals surface area contributed by atoms with Crippen LogP contribution in [0.5, 0.6) is 5.75 Å². The fourth-order valence-electron chi connectivity index (χ4n) is 3.49. The monoisotopic (exact) mass is 409 g/mol. The van der Waals surface area contributed by atoms with Crippen LogP contribution in [-0.4, -0.2) is 28.2 Å². The minimum atomic E-state index is -0.502. The summed E-state index contributed by atoms with van der Waals surface area (Å²) < 4.78 is 5.29. The van der Waals surface area contributed by atoms with Gasteiger partial charge in [-0.25, -0.2) is 9.97 Å². The zero-order valence-electron chi connectivity index (χ0n) is 16.5. The molecule has 2 heterocycles. The van der Waals surface area contributed by atoms with Gasteiger partial charge in [-0.05, 0) is 74.9 Å². The Morgan fingerprint density at radius 3 is 2.76 bits per heavy atom. The lowest BCUT2D eigenvalue weighted by atomic mass is 9.97. The number of thiophene rings is 1. The van der Waals surface area contributed by atoms with Gasteiger partial charge in [0, 0.05) is 4.88 Å². The van der Waals surface area contributed by atoms with Crippen molar-refractivity contribution in [3.05, 3.63) is 46.1 Å². The fraction of sp³-hybridized carbons (Fsp3) is 0.333. The number of nitrogens with zero attached hydrogens (tertiary/aromatic N) is 3. The van der Waals surface area contributed by atoms with E-state index < -0.39 is 5.91 Å². The molecule has 0 spiro atoms. The van der Waals surface area contributed by atoms with E-state index in [9.17, 15) is 4.79 Å². The summed E-state index contributed by atoms with van der Waals surface area (Å²) in [4.78, 5) is 22.5. The molecule has 1 aliphatic rings. The maximum absolute atomic E-state index is 10.8. The summed E-state index contributed by atoms with van der Waals surface area (Å²) >= 11 is 1.78. The number of nitrogens with two attached hydrogens (primary N) is 1. The van der Waals surface area contributed by atoms with Gasteiger partial charge in [0.2, 0.25) is 0 Å². The second-order valence-corrected chi connectivity index (χ2v) is 8.18. The van der Waals surface area contributed by atoms with Gasteiger partial charge in [0.05, 0.1) is 11.1 Å². The second-order valence-electron chi connectivity index (χ2n) is 7.10. The van der Waals surface area contributed by atoms with Gasteiger partial charge in [-0.3, -0.25) is 10.2 Å². The van der Waals surface area contributed by atoms with E-state index in [2.05, 4.69) is 20.5 Å². The van der Waals surface area contributed by atoms with E-state index in [0.717, 1.165) is 46.0 Å². The highest BCUT2D eigenvalue weighted by Gasteiger charge is 2.20. The molecule has 0 radical (unpaired) electrons. The summed E-state index contributed by atoms with van der Waals surface area (Å²) in [6.07, 6.45) is 4.65. The third-order valence-electron chi connectivity index (χ3n) is 4.91. The number of fused-ring (bicyclic) bond motifs is 3. The van der Waals surface area contributed by atoms with Crippen molar-refractivity contribution < 1.29 is 9.53 Å². The molecule has 3 N–H and O–H groups in total. The number of benzene rings is 1. The molecule has 150 valence electrons. The van der Waals surface area contributed by atoms with E-state index in [1.807, 2.05) is 26.0 Å². The fourth-order valence-corrected chi connectivity index (χ4v) is 4.80. The van der Waals surface area contributed by atoms with Gasteiger partial charge in [-0.1, -0.05) is 0 Å².